The molecule has 4 aromatic rings. The molecule has 0 radical (unpaired) electrons. The Morgan fingerprint density at radius 3 is 2.61 bits per heavy atom. The standard InChI is InChI=1S/C26H20Cl2N4O4S2/c1-2-23(25(34)31-26-30-22(14-37-26)15-5-3-7-18(11-15)32(35)36)38-19-8-4-6-17(13-19)29-24(33)20-10-9-16(27)12-21(20)28/h3-14,23H,2H2,1H3,(H,29,33)(H,30,31,34). The van der Waals surface area contributed by atoms with Gasteiger partial charge >= 0.3 is 0 Å². The van der Waals surface area contributed by atoms with Crippen molar-refractivity contribution in [2.24, 2.45) is 0 Å². The van der Waals surface area contributed by atoms with Crippen molar-refractivity contribution < 1.29 is 14.5 Å². The third kappa shape index (κ3) is 6.90. The van der Waals surface area contributed by atoms with E-state index in [1.165, 1.54) is 41.3 Å². The van der Waals surface area contributed by atoms with Crippen LogP contribution in [0.3, 0.4) is 0 Å². The molecule has 0 saturated heterocycles. The number of non-ortho nitro benzene ring substituents is 1. The summed E-state index contributed by atoms with van der Waals surface area (Å²) in [6.45, 7) is 1.90. The average molecular weight is 588 g/mol. The predicted molar refractivity (Wildman–Crippen MR) is 154 cm³/mol. The van der Waals surface area contributed by atoms with Crippen molar-refractivity contribution in [3.8, 4) is 11.3 Å². The SMILES string of the molecule is CCC(Sc1cccc(NC(=O)c2ccc(Cl)cc2Cl)c1)C(=O)Nc1nc(-c2cccc([N+](=O)[O-])c2)cs1. The minimum atomic E-state index is -0.463. The maximum atomic E-state index is 13.0. The number of carbonyl (C=O) groups excluding carboxylic acids is 2. The van der Waals surface area contributed by atoms with Crippen LogP contribution in [0.2, 0.25) is 10.0 Å². The molecule has 0 aliphatic rings. The smallest absolute Gasteiger partial charge is 0.270 e. The number of nitro benzene ring substituents is 1. The Balaban J connectivity index is 1.41. The molecule has 1 unspecified atom stereocenters. The van der Waals surface area contributed by atoms with E-state index in [4.69, 9.17) is 23.2 Å². The lowest BCUT2D eigenvalue weighted by Gasteiger charge is -2.14. The summed E-state index contributed by atoms with van der Waals surface area (Å²) in [6.07, 6.45) is 0.552. The van der Waals surface area contributed by atoms with E-state index < -0.39 is 10.2 Å². The van der Waals surface area contributed by atoms with Crippen molar-refractivity contribution in [1.29, 1.82) is 0 Å². The molecule has 0 aliphatic heterocycles. The van der Waals surface area contributed by atoms with E-state index in [1.807, 2.05) is 13.0 Å². The number of rotatable bonds is 9. The van der Waals surface area contributed by atoms with Crippen molar-refractivity contribution in [3.63, 3.8) is 0 Å². The van der Waals surface area contributed by atoms with Gasteiger partial charge in [-0.05, 0) is 42.8 Å². The number of hydrogen-bond acceptors (Lipinski definition) is 7. The lowest BCUT2D eigenvalue weighted by Crippen LogP contribution is -2.24. The average Bonchev–Trinajstić information content (AvgIpc) is 3.36. The summed E-state index contributed by atoms with van der Waals surface area (Å²) in [5, 5.41) is 19.1. The summed E-state index contributed by atoms with van der Waals surface area (Å²) in [6, 6.07) is 18.0. The third-order valence-corrected chi connectivity index (χ3v) is 7.96. The Bertz CT molecular complexity index is 1510. The summed E-state index contributed by atoms with van der Waals surface area (Å²) in [7, 11) is 0. The second-order valence-electron chi connectivity index (χ2n) is 7.96. The van der Waals surface area contributed by atoms with Gasteiger partial charge in [-0.1, -0.05) is 48.3 Å². The first-order valence-electron chi connectivity index (χ1n) is 11.3. The lowest BCUT2D eigenvalue weighted by molar-refractivity contribution is -0.384. The fraction of sp³-hybridized carbons (Fsp3) is 0.115. The maximum Gasteiger partial charge on any atom is 0.270 e. The molecular formula is C26H20Cl2N4O4S2. The van der Waals surface area contributed by atoms with Crippen LogP contribution in [0, 0.1) is 10.1 Å². The van der Waals surface area contributed by atoms with Crippen molar-refractivity contribution in [1.82, 2.24) is 4.98 Å². The molecule has 38 heavy (non-hydrogen) atoms. The van der Waals surface area contributed by atoms with E-state index in [0.717, 1.165) is 4.90 Å². The van der Waals surface area contributed by atoms with Crippen LogP contribution < -0.4 is 10.6 Å². The van der Waals surface area contributed by atoms with E-state index >= 15 is 0 Å². The largest absolute Gasteiger partial charge is 0.322 e. The Morgan fingerprint density at radius 2 is 1.87 bits per heavy atom. The summed E-state index contributed by atoms with van der Waals surface area (Å²) in [5.74, 6) is -0.596. The molecule has 0 fully saturated rings. The number of anilines is 2. The summed E-state index contributed by atoms with van der Waals surface area (Å²) >= 11 is 14.7. The zero-order valence-electron chi connectivity index (χ0n) is 19.8. The first-order valence-corrected chi connectivity index (χ1v) is 13.8. The summed E-state index contributed by atoms with van der Waals surface area (Å²) in [4.78, 5) is 41.5. The Kier molecular flexibility index (Phi) is 9.01. The van der Waals surface area contributed by atoms with Gasteiger partial charge in [0.25, 0.3) is 11.6 Å². The predicted octanol–water partition coefficient (Wildman–Crippen LogP) is 7.79. The van der Waals surface area contributed by atoms with Gasteiger partial charge in [0.1, 0.15) is 0 Å². The van der Waals surface area contributed by atoms with Gasteiger partial charge in [-0.25, -0.2) is 4.98 Å². The van der Waals surface area contributed by atoms with Crippen LogP contribution in [0.5, 0.6) is 0 Å². The third-order valence-electron chi connectivity index (χ3n) is 5.30. The maximum absolute atomic E-state index is 13.0. The zero-order valence-corrected chi connectivity index (χ0v) is 23.0. The number of halogens is 2. The molecule has 1 atom stereocenters. The first kappa shape index (κ1) is 27.6. The number of benzene rings is 3. The number of hydrogen-bond donors (Lipinski definition) is 2. The Morgan fingerprint density at radius 1 is 1.08 bits per heavy atom. The lowest BCUT2D eigenvalue weighted by atomic mass is 10.1. The number of nitrogens with one attached hydrogen (secondary N) is 2. The second kappa shape index (κ2) is 12.4. The summed E-state index contributed by atoms with van der Waals surface area (Å²) in [5.41, 5.74) is 1.96. The molecule has 0 spiro atoms. The van der Waals surface area contributed by atoms with Crippen LogP contribution in [0.15, 0.2) is 77.0 Å². The van der Waals surface area contributed by atoms with Gasteiger partial charge in [-0.15, -0.1) is 23.1 Å². The molecule has 0 bridgehead atoms. The van der Waals surface area contributed by atoms with Gasteiger partial charge in [-0.3, -0.25) is 19.7 Å². The van der Waals surface area contributed by atoms with E-state index in [0.29, 0.717) is 39.1 Å². The minimum Gasteiger partial charge on any atom is -0.322 e. The van der Waals surface area contributed by atoms with Crippen LogP contribution in [-0.2, 0) is 4.79 Å². The van der Waals surface area contributed by atoms with Gasteiger partial charge in [0.15, 0.2) is 5.13 Å². The number of nitrogens with zero attached hydrogens (tertiary/aromatic N) is 2. The molecule has 194 valence electrons. The number of amides is 2. The highest BCUT2D eigenvalue weighted by atomic mass is 35.5. The number of aromatic nitrogens is 1. The highest BCUT2D eigenvalue weighted by molar-refractivity contribution is 8.00. The van der Waals surface area contributed by atoms with Crippen LogP contribution in [-0.4, -0.2) is 27.0 Å². The van der Waals surface area contributed by atoms with Crippen molar-refractivity contribution in [2.45, 2.75) is 23.5 Å². The zero-order chi connectivity index (χ0) is 27.2. The van der Waals surface area contributed by atoms with E-state index in [9.17, 15) is 19.7 Å². The molecule has 12 heteroatoms. The molecular weight excluding hydrogens is 567 g/mol. The molecule has 3 aromatic carbocycles. The molecule has 8 nitrogen and oxygen atoms in total. The fourth-order valence-corrected chi connectivity index (χ4v) is 5.66. The van der Waals surface area contributed by atoms with Gasteiger partial charge in [0.05, 0.1) is 26.5 Å². The van der Waals surface area contributed by atoms with Crippen LogP contribution in [0.1, 0.15) is 23.7 Å². The number of nitro groups is 1. The van der Waals surface area contributed by atoms with Crippen molar-refractivity contribution in [3.05, 3.63) is 97.8 Å². The van der Waals surface area contributed by atoms with E-state index in [-0.39, 0.29) is 22.5 Å². The number of thioether (sulfide) groups is 1. The van der Waals surface area contributed by atoms with Gasteiger partial charge in [0, 0.05) is 38.7 Å². The number of carbonyl (C=O) groups is 2. The summed E-state index contributed by atoms with van der Waals surface area (Å²) < 4.78 is 0. The molecule has 1 aromatic heterocycles. The Labute approximate surface area is 236 Å². The first-order chi connectivity index (χ1) is 18.2. The topological polar surface area (TPSA) is 114 Å². The second-order valence-corrected chi connectivity index (χ2v) is 10.9. The minimum absolute atomic E-state index is 0.0294. The number of thiazole rings is 1. The van der Waals surface area contributed by atoms with E-state index in [2.05, 4.69) is 15.6 Å². The van der Waals surface area contributed by atoms with Crippen molar-refractivity contribution >= 4 is 74.6 Å². The molecule has 4 rings (SSSR count). The van der Waals surface area contributed by atoms with Crippen LogP contribution >= 0.6 is 46.3 Å². The molecule has 2 amide bonds. The quantitative estimate of drug-likeness (QED) is 0.117. The monoisotopic (exact) mass is 586 g/mol. The van der Waals surface area contributed by atoms with Crippen LogP contribution in [0.4, 0.5) is 16.5 Å². The van der Waals surface area contributed by atoms with Crippen LogP contribution in [0.25, 0.3) is 11.3 Å². The van der Waals surface area contributed by atoms with Gasteiger partial charge in [-0.2, -0.15) is 0 Å². The van der Waals surface area contributed by atoms with Gasteiger partial charge < -0.3 is 10.6 Å². The highest BCUT2D eigenvalue weighted by Gasteiger charge is 2.20. The van der Waals surface area contributed by atoms with E-state index in [1.54, 1.807) is 47.8 Å². The molecule has 0 aliphatic carbocycles. The molecule has 1 heterocycles. The molecule has 2 N–H and O–H groups in total. The Hall–Kier alpha value is -3.44. The fourth-order valence-electron chi connectivity index (χ4n) is 3.43. The molecule has 0 saturated carbocycles. The van der Waals surface area contributed by atoms with Crippen molar-refractivity contribution in [2.75, 3.05) is 10.6 Å². The normalized spacial score (nSPS) is 11.6. The highest BCUT2D eigenvalue weighted by Crippen LogP contribution is 2.31. The van der Waals surface area contributed by atoms with Gasteiger partial charge in [0.2, 0.25) is 5.91 Å².